The Hall–Kier alpha value is -4.05. The Morgan fingerprint density at radius 1 is 0.943 bits per heavy atom. The van der Waals surface area contributed by atoms with Crippen LogP contribution in [0.5, 0.6) is 0 Å². The standard InChI is InChI=1S/C38H40F6N4O4S/c1-53(51,52)29-12-13-32-30(20-29)33(36(50)46-35(38(42,43)44)25-8-3-2-4-9-25)31(34(45-32)26-10-5-11-27(19-26)37(39,40)41)22-47-17-14-28(15-18-47)48-16-6-7-24(21-48)23-49/h2-5,8-13,19-20,24,28,35,49H,6-7,14-18,21-23H2,1H3,(H,46,50). The van der Waals surface area contributed by atoms with Gasteiger partial charge in [-0.15, -0.1) is 0 Å². The van der Waals surface area contributed by atoms with Crippen molar-refractivity contribution in [3.8, 4) is 11.3 Å². The molecule has 2 atom stereocenters. The summed E-state index contributed by atoms with van der Waals surface area (Å²) in [6, 6.07) is 12.6. The van der Waals surface area contributed by atoms with Gasteiger partial charge in [-0.05, 0) is 87.1 Å². The summed E-state index contributed by atoms with van der Waals surface area (Å²) in [7, 11) is -3.87. The third-order valence-electron chi connectivity index (χ3n) is 10.2. The molecule has 2 saturated heterocycles. The number of amides is 1. The number of halogens is 6. The Kier molecular flexibility index (Phi) is 11.2. The maximum Gasteiger partial charge on any atom is 0.416 e. The van der Waals surface area contributed by atoms with Gasteiger partial charge in [0.2, 0.25) is 0 Å². The van der Waals surface area contributed by atoms with Gasteiger partial charge in [0.1, 0.15) is 0 Å². The average Bonchev–Trinajstić information content (AvgIpc) is 3.12. The highest BCUT2D eigenvalue weighted by atomic mass is 32.2. The second-order valence-electron chi connectivity index (χ2n) is 13.9. The predicted octanol–water partition coefficient (Wildman–Crippen LogP) is 7.03. The Morgan fingerprint density at radius 3 is 2.30 bits per heavy atom. The molecule has 1 amide bonds. The molecule has 284 valence electrons. The molecule has 2 aliphatic rings. The van der Waals surface area contributed by atoms with Crippen molar-refractivity contribution >= 4 is 26.6 Å². The lowest BCUT2D eigenvalue weighted by molar-refractivity contribution is -0.155. The van der Waals surface area contributed by atoms with Gasteiger partial charge in [-0.25, -0.2) is 13.4 Å². The van der Waals surface area contributed by atoms with Crippen LogP contribution in [0.2, 0.25) is 0 Å². The number of nitrogens with zero attached hydrogens (tertiary/aromatic N) is 3. The van der Waals surface area contributed by atoms with E-state index in [9.17, 15) is 44.7 Å². The van der Waals surface area contributed by atoms with Crippen LogP contribution in [0.4, 0.5) is 26.3 Å². The summed E-state index contributed by atoms with van der Waals surface area (Å²) in [5.74, 6) is -0.995. The zero-order chi connectivity index (χ0) is 38.1. The van der Waals surface area contributed by atoms with Gasteiger partial charge in [0.15, 0.2) is 15.9 Å². The molecule has 6 rings (SSSR count). The maximum atomic E-state index is 14.6. The van der Waals surface area contributed by atoms with Crippen molar-refractivity contribution in [3.63, 3.8) is 0 Å². The fraction of sp³-hybridized carbons (Fsp3) is 0.421. The summed E-state index contributed by atoms with van der Waals surface area (Å²) in [6.07, 6.45) is -5.38. The van der Waals surface area contributed by atoms with Crippen molar-refractivity contribution in [1.82, 2.24) is 20.1 Å². The van der Waals surface area contributed by atoms with Crippen molar-refractivity contribution in [2.45, 2.75) is 61.6 Å². The molecule has 4 aromatic rings. The van der Waals surface area contributed by atoms with Gasteiger partial charge in [-0.2, -0.15) is 26.3 Å². The first kappa shape index (κ1) is 38.7. The largest absolute Gasteiger partial charge is 0.416 e. The predicted molar refractivity (Wildman–Crippen MR) is 188 cm³/mol. The number of fused-ring (bicyclic) bond motifs is 1. The topological polar surface area (TPSA) is 103 Å². The maximum absolute atomic E-state index is 14.6. The van der Waals surface area contributed by atoms with E-state index in [0.717, 1.165) is 44.3 Å². The van der Waals surface area contributed by atoms with Crippen LogP contribution in [-0.2, 0) is 22.6 Å². The number of nitrogens with one attached hydrogen (secondary N) is 1. The first-order chi connectivity index (χ1) is 25.0. The molecule has 3 heterocycles. The zero-order valence-corrected chi connectivity index (χ0v) is 29.7. The van der Waals surface area contributed by atoms with Crippen LogP contribution in [-0.4, -0.2) is 85.5 Å². The highest BCUT2D eigenvalue weighted by molar-refractivity contribution is 7.90. The minimum atomic E-state index is -4.94. The number of aliphatic hydroxyl groups excluding tert-OH is 1. The second-order valence-corrected chi connectivity index (χ2v) is 15.9. The minimum Gasteiger partial charge on any atom is -0.396 e. The van der Waals surface area contributed by atoms with E-state index in [1.807, 2.05) is 4.90 Å². The van der Waals surface area contributed by atoms with E-state index in [1.165, 1.54) is 60.7 Å². The molecule has 8 nitrogen and oxygen atoms in total. The molecule has 0 saturated carbocycles. The second kappa shape index (κ2) is 15.4. The molecule has 1 aromatic heterocycles. The van der Waals surface area contributed by atoms with Gasteiger partial charge < -0.3 is 10.4 Å². The van der Waals surface area contributed by atoms with Crippen molar-refractivity contribution < 1.29 is 44.7 Å². The number of hydrogen-bond acceptors (Lipinski definition) is 7. The first-order valence-electron chi connectivity index (χ1n) is 17.4. The monoisotopic (exact) mass is 762 g/mol. The van der Waals surface area contributed by atoms with E-state index in [-0.39, 0.29) is 68.9 Å². The van der Waals surface area contributed by atoms with Crippen molar-refractivity contribution in [3.05, 3.63) is 95.1 Å². The lowest BCUT2D eigenvalue weighted by Crippen LogP contribution is -2.48. The van der Waals surface area contributed by atoms with Crippen LogP contribution in [0.15, 0.2) is 77.7 Å². The van der Waals surface area contributed by atoms with E-state index in [1.54, 1.807) is 0 Å². The number of aliphatic hydroxyl groups is 1. The Morgan fingerprint density at radius 2 is 1.66 bits per heavy atom. The zero-order valence-electron chi connectivity index (χ0n) is 28.9. The van der Waals surface area contributed by atoms with E-state index in [4.69, 9.17) is 0 Å². The average molecular weight is 763 g/mol. The number of pyridine rings is 1. The molecule has 2 unspecified atom stereocenters. The Bertz CT molecular complexity index is 2050. The molecule has 2 fully saturated rings. The number of hydrogen-bond donors (Lipinski definition) is 2. The molecule has 0 bridgehead atoms. The van der Waals surface area contributed by atoms with Crippen LogP contribution >= 0.6 is 0 Å². The van der Waals surface area contributed by atoms with Gasteiger partial charge in [0.25, 0.3) is 5.91 Å². The molecule has 53 heavy (non-hydrogen) atoms. The molecular formula is C38H40F6N4O4S. The smallest absolute Gasteiger partial charge is 0.396 e. The van der Waals surface area contributed by atoms with Crippen LogP contribution in [0.1, 0.15) is 58.8 Å². The minimum absolute atomic E-state index is 0.00774. The third kappa shape index (κ3) is 8.85. The highest BCUT2D eigenvalue weighted by Crippen LogP contribution is 2.38. The Labute approximate surface area is 303 Å². The number of carbonyl (C=O) groups is 1. The molecule has 0 spiro atoms. The number of benzene rings is 3. The van der Waals surface area contributed by atoms with Crippen molar-refractivity contribution in [2.75, 3.05) is 39.0 Å². The van der Waals surface area contributed by atoms with Gasteiger partial charge in [-0.1, -0.05) is 42.5 Å². The molecule has 15 heteroatoms. The number of sulfone groups is 1. The van der Waals surface area contributed by atoms with Crippen LogP contribution < -0.4 is 5.32 Å². The van der Waals surface area contributed by atoms with E-state index in [2.05, 4.69) is 15.2 Å². The van der Waals surface area contributed by atoms with Crippen LogP contribution in [0.25, 0.3) is 22.2 Å². The van der Waals surface area contributed by atoms with Gasteiger partial charge in [0, 0.05) is 48.5 Å². The molecule has 0 aliphatic carbocycles. The lowest BCUT2D eigenvalue weighted by atomic mass is 9.92. The number of carbonyl (C=O) groups excluding carboxylic acids is 1. The SMILES string of the molecule is CS(=O)(=O)c1ccc2nc(-c3cccc(C(F)(F)F)c3)c(CN3CCC(N4CCCC(CO)C4)CC3)c(C(=O)NC(c3ccccc3)C(F)(F)F)c2c1. The number of piperidine rings is 2. The third-order valence-corrected chi connectivity index (χ3v) is 11.3. The summed E-state index contributed by atoms with van der Waals surface area (Å²) < 4.78 is 111. The molecule has 2 aliphatic heterocycles. The summed E-state index contributed by atoms with van der Waals surface area (Å²) in [6.45, 7) is 2.71. The van der Waals surface area contributed by atoms with Gasteiger partial charge in [-0.3, -0.25) is 14.6 Å². The summed E-state index contributed by atoms with van der Waals surface area (Å²) in [5.41, 5.74) is -1.48. The van der Waals surface area contributed by atoms with E-state index in [0.29, 0.717) is 25.9 Å². The van der Waals surface area contributed by atoms with Crippen molar-refractivity contribution in [1.29, 1.82) is 0 Å². The van der Waals surface area contributed by atoms with Crippen molar-refractivity contribution in [2.24, 2.45) is 5.92 Å². The van der Waals surface area contributed by atoms with Crippen LogP contribution in [0, 0.1) is 5.92 Å². The number of likely N-dealkylation sites (tertiary alicyclic amines) is 2. The lowest BCUT2D eigenvalue weighted by Gasteiger charge is -2.42. The van der Waals surface area contributed by atoms with Crippen LogP contribution in [0.3, 0.4) is 0 Å². The Balaban J connectivity index is 1.49. The fourth-order valence-electron chi connectivity index (χ4n) is 7.45. The number of rotatable bonds is 9. The summed E-state index contributed by atoms with van der Waals surface area (Å²) in [4.78, 5) is 23.2. The number of aromatic nitrogens is 1. The quantitative estimate of drug-likeness (QED) is 0.177. The summed E-state index contributed by atoms with van der Waals surface area (Å²) >= 11 is 0. The number of alkyl halides is 6. The van der Waals surface area contributed by atoms with Gasteiger partial charge in [0.05, 0.1) is 27.2 Å². The van der Waals surface area contributed by atoms with Gasteiger partial charge >= 0.3 is 12.4 Å². The fourth-order valence-corrected chi connectivity index (χ4v) is 8.10. The molecular weight excluding hydrogens is 722 g/mol. The molecule has 2 N–H and O–H groups in total. The normalized spacial score (nSPS) is 19.0. The molecule has 3 aromatic carbocycles. The van der Waals surface area contributed by atoms with E-state index >= 15 is 0 Å². The van der Waals surface area contributed by atoms with E-state index < -0.39 is 39.7 Å². The highest BCUT2D eigenvalue weighted by Gasteiger charge is 2.43. The summed E-state index contributed by atoms with van der Waals surface area (Å²) in [5, 5.41) is 11.8. The molecule has 0 radical (unpaired) electrons. The first-order valence-corrected chi connectivity index (χ1v) is 19.3.